The smallest absolute Gasteiger partial charge is 0.410 e. The first-order chi connectivity index (χ1) is 14.0. The van der Waals surface area contributed by atoms with Crippen LogP contribution in [0.1, 0.15) is 59.8 Å². The maximum atomic E-state index is 12.5. The van der Waals surface area contributed by atoms with E-state index >= 15 is 0 Å². The van der Waals surface area contributed by atoms with E-state index in [4.69, 9.17) is 4.74 Å². The Kier molecular flexibility index (Phi) is 8.73. The van der Waals surface area contributed by atoms with Crippen molar-refractivity contribution in [2.24, 2.45) is 5.92 Å². The molecule has 0 spiro atoms. The Bertz CT molecular complexity index is 742. The van der Waals surface area contributed by atoms with Crippen molar-refractivity contribution in [2.45, 2.75) is 65.4 Å². The highest BCUT2D eigenvalue weighted by Crippen LogP contribution is 2.21. The van der Waals surface area contributed by atoms with E-state index in [1.807, 2.05) is 33.8 Å². The molecule has 8 nitrogen and oxygen atoms in total. The van der Waals surface area contributed by atoms with Crippen LogP contribution < -0.4 is 5.32 Å². The van der Waals surface area contributed by atoms with E-state index in [-0.39, 0.29) is 30.2 Å². The van der Waals surface area contributed by atoms with Crippen LogP contribution in [0.5, 0.6) is 0 Å². The molecule has 2 rings (SSSR count). The lowest BCUT2D eigenvalue weighted by Crippen LogP contribution is -2.46. The molecule has 0 radical (unpaired) electrons. The van der Waals surface area contributed by atoms with Crippen LogP contribution in [0.4, 0.5) is 4.79 Å². The SMILES string of the molecule is CCCS(=O)(=O)N1CCC[C@@H](C(=O)NCCC2=CCN(C(=O)OC(C)(C)C)CC2)C1. The van der Waals surface area contributed by atoms with Gasteiger partial charge in [0, 0.05) is 32.7 Å². The Morgan fingerprint density at radius 1 is 1.27 bits per heavy atom. The largest absolute Gasteiger partial charge is 0.444 e. The molecule has 2 heterocycles. The first-order valence-corrected chi connectivity index (χ1v) is 12.5. The highest BCUT2D eigenvalue weighted by molar-refractivity contribution is 7.89. The molecule has 9 heteroatoms. The highest BCUT2D eigenvalue weighted by atomic mass is 32.2. The van der Waals surface area contributed by atoms with Crippen molar-refractivity contribution in [1.29, 1.82) is 0 Å². The van der Waals surface area contributed by atoms with Gasteiger partial charge in [0.2, 0.25) is 15.9 Å². The number of nitrogens with zero attached hydrogens (tertiary/aromatic N) is 2. The lowest BCUT2D eigenvalue weighted by molar-refractivity contribution is -0.126. The summed E-state index contributed by atoms with van der Waals surface area (Å²) in [5, 5.41) is 2.96. The van der Waals surface area contributed by atoms with Crippen molar-refractivity contribution in [3.63, 3.8) is 0 Å². The third-order valence-electron chi connectivity index (χ3n) is 5.31. The number of nitrogens with one attached hydrogen (secondary N) is 1. The summed E-state index contributed by atoms with van der Waals surface area (Å²) in [6.45, 7) is 9.84. The minimum Gasteiger partial charge on any atom is -0.444 e. The number of rotatable bonds is 7. The van der Waals surface area contributed by atoms with E-state index in [0.29, 0.717) is 39.0 Å². The molecule has 2 amide bonds. The van der Waals surface area contributed by atoms with Crippen LogP contribution in [0.3, 0.4) is 0 Å². The number of ether oxygens (including phenoxy) is 1. The summed E-state index contributed by atoms with van der Waals surface area (Å²) in [7, 11) is -3.26. The quantitative estimate of drug-likeness (QED) is 0.610. The van der Waals surface area contributed by atoms with Gasteiger partial charge in [-0.05, 0) is 52.9 Å². The fraction of sp³-hybridized carbons (Fsp3) is 0.810. The van der Waals surface area contributed by atoms with E-state index in [1.54, 1.807) is 4.90 Å². The van der Waals surface area contributed by atoms with E-state index in [1.165, 1.54) is 9.88 Å². The molecule has 0 unspecified atom stereocenters. The normalized spacial score (nSPS) is 21.1. The summed E-state index contributed by atoms with van der Waals surface area (Å²) >= 11 is 0. The van der Waals surface area contributed by atoms with Crippen molar-refractivity contribution >= 4 is 22.0 Å². The van der Waals surface area contributed by atoms with Crippen LogP contribution >= 0.6 is 0 Å². The number of sulfonamides is 1. The molecule has 0 aromatic rings. The second-order valence-corrected chi connectivity index (χ2v) is 11.2. The molecule has 0 saturated carbocycles. The number of carbonyl (C=O) groups is 2. The molecule has 1 saturated heterocycles. The topological polar surface area (TPSA) is 96.0 Å². The summed E-state index contributed by atoms with van der Waals surface area (Å²) < 4.78 is 31.4. The third kappa shape index (κ3) is 7.58. The van der Waals surface area contributed by atoms with Gasteiger partial charge in [-0.1, -0.05) is 18.6 Å². The van der Waals surface area contributed by atoms with E-state index in [2.05, 4.69) is 5.32 Å². The second kappa shape index (κ2) is 10.6. The molecule has 172 valence electrons. The minimum absolute atomic E-state index is 0.0711. The molecule has 0 aromatic carbocycles. The van der Waals surface area contributed by atoms with Crippen LogP contribution in [-0.4, -0.2) is 73.7 Å². The molecular weight excluding hydrogens is 406 g/mol. The van der Waals surface area contributed by atoms with E-state index < -0.39 is 15.6 Å². The zero-order chi connectivity index (χ0) is 22.4. The molecular formula is C21H37N3O5S. The number of hydrogen-bond donors (Lipinski definition) is 1. The Labute approximate surface area is 181 Å². The van der Waals surface area contributed by atoms with Crippen molar-refractivity contribution in [3.8, 4) is 0 Å². The first-order valence-electron chi connectivity index (χ1n) is 10.9. The second-order valence-electron chi connectivity index (χ2n) is 9.09. The predicted molar refractivity (Wildman–Crippen MR) is 117 cm³/mol. The summed E-state index contributed by atoms with van der Waals surface area (Å²) in [5.74, 6) is -0.220. The number of piperidine rings is 1. The molecule has 2 aliphatic rings. The van der Waals surface area contributed by atoms with Gasteiger partial charge in [0.05, 0.1) is 11.7 Å². The van der Waals surface area contributed by atoms with Crippen LogP contribution in [0.25, 0.3) is 0 Å². The lowest BCUT2D eigenvalue weighted by Gasteiger charge is -2.31. The number of hydrogen-bond acceptors (Lipinski definition) is 5. The monoisotopic (exact) mass is 443 g/mol. The fourth-order valence-electron chi connectivity index (χ4n) is 3.72. The van der Waals surface area contributed by atoms with Gasteiger partial charge < -0.3 is 15.0 Å². The Balaban J connectivity index is 1.75. The molecule has 1 fully saturated rings. The van der Waals surface area contributed by atoms with Crippen molar-refractivity contribution in [2.75, 3.05) is 38.5 Å². The van der Waals surface area contributed by atoms with Gasteiger partial charge in [-0.2, -0.15) is 0 Å². The van der Waals surface area contributed by atoms with Crippen LogP contribution in [0, 0.1) is 5.92 Å². The molecule has 0 bridgehead atoms. The Morgan fingerprint density at radius 2 is 2.00 bits per heavy atom. The number of amides is 2. The zero-order valence-electron chi connectivity index (χ0n) is 18.8. The average molecular weight is 444 g/mol. The third-order valence-corrected chi connectivity index (χ3v) is 7.35. The van der Waals surface area contributed by atoms with Gasteiger partial charge in [-0.15, -0.1) is 0 Å². The van der Waals surface area contributed by atoms with Crippen molar-refractivity contribution in [3.05, 3.63) is 11.6 Å². The molecule has 0 aromatic heterocycles. The van der Waals surface area contributed by atoms with Crippen molar-refractivity contribution < 1.29 is 22.7 Å². The van der Waals surface area contributed by atoms with Gasteiger partial charge in [0.25, 0.3) is 0 Å². The van der Waals surface area contributed by atoms with Crippen LogP contribution in [0.15, 0.2) is 11.6 Å². The minimum atomic E-state index is -3.26. The Morgan fingerprint density at radius 3 is 2.60 bits per heavy atom. The molecule has 2 aliphatic heterocycles. The summed E-state index contributed by atoms with van der Waals surface area (Å²) in [5.41, 5.74) is 0.710. The van der Waals surface area contributed by atoms with Gasteiger partial charge in [0.15, 0.2) is 0 Å². The fourth-order valence-corrected chi connectivity index (χ4v) is 5.31. The zero-order valence-corrected chi connectivity index (χ0v) is 19.6. The van der Waals surface area contributed by atoms with Crippen LogP contribution in [0.2, 0.25) is 0 Å². The molecule has 30 heavy (non-hydrogen) atoms. The number of carbonyl (C=O) groups excluding carboxylic acids is 2. The summed E-state index contributed by atoms with van der Waals surface area (Å²) in [6, 6.07) is 0. The highest BCUT2D eigenvalue weighted by Gasteiger charge is 2.31. The maximum Gasteiger partial charge on any atom is 0.410 e. The van der Waals surface area contributed by atoms with E-state index in [0.717, 1.165) is 19.3 Å². The first kappa shape index (κ1) is 24.7. The lowest BCUT2D eigenvalue weighted by atomic mass is 9.98. The van der Waals surface area contributed by atoms with Gasteiger partial charge in [-0.25, -0.2) is 17.5 Å². The van der Waals surface area contributed by atoms with Gasteiger partial charge in [-0.3, -0.25) is 4.79 Å². The average Bonchev–Trinajstić information content (AvgIpc) is 2.67. The Hall–Kier alpha value is -1.61. The standard InChI is InChI=1S/C21H37N3O5S/c1-5-15-30(27,28)24-12-6-7-18(16-24)19(25)22-11-8-17-9-13-23(14-10-17)20(26)29-21(2,3)4/h9,18H,5-8,10-16H2,1-4H3,(H,22,25)/t18-/m1/s1. The van der Waals surface area contributed by atoms with Crippen LogP contribution in [-0.2, 0) is 19.6 Å². The predicted octanol–water partition coefficient (Wildman–Crippen LogP) is 2.51. The van der Waals surface area contributed by atoms with E-state index in [9.17, 15) is 18.0 Å². The summed E-state index contributed by atoms with van der Waals surface area (Å²) in [6.07, 6.45) is 5.24. The van der Waals surface area contributed by atoms with Crippen molar-refractivity contribution in [1.82, 2.24) is 14.5 Å². The molecule has 0 aliphatic carbocycles. The molecule has 1 N–H and O–H groups in total. The summed E-state index contributed by atoms with van der Waals surface area (Å²) in [4.78, 5) is 26.3. The molecule has 1 atom stereocenters. The van der Waals surface area contributed by atoms with Gasteiger partial charge >= 0.3 is 6.09 Å². The van der Waals surface area contributed by atoms with Gasteiger partial charge in [0.1, 0.15) is 5.60 Å². The maximum absolute atomic E-state index is 12.5.